The molecule has 0 heterocycles. The molecule has 106 valence electrons. The van der Waals surface area contributed by atoms with Gasteiger partial charge in [0.2, 0.25) is 0 Å². The van der Waals surface area contributed by atoms with Crippen molar-refractivity contribution in [2.24, 2.45) is 0 Å². The maximum atomic E-state index is 12.7. The highest BCUT2D eigenvalue weighted by Gasteiger charge is 2.28. The molecule has 4 heteroatoms. The van der Waals surface area contributed by atoms with E-state index in [0.717, 1.165) is 11.1 Å². The van der Waals surface area contributed by atoms with Crippen LogP contribution in [0, 0.1) is 6.92 Å². The standard InChI is InChI=1S/C15H23O3P/c1-6-17-19(16,18-7-2)14(5)13(4)15-10-8-12(3)9-11-15/h8-11H,6-7H2,1-5H3/b14-13+. The Morgan fingerprint density at radius 3 is 1.95 bits per heavy atom. The van der Waals surface area contributed by atoms with Gasteiger partial charge in [0, 0.05) is 5.31 Å². The molecule has 0 saturated carbocycles. The van der Waals surface area contributed by atoms with E-state index in [1.54, 1.807) is 0 Å². The summed E-state index contributed by atoms with van der Waals surface area (Å²) in [6.07, 6.45) is 0. The lowest BCUT2D eigenvalue weighted by molar-refractivity contribution is 0.226. The fourth-order valence-corrected chi connectivity index (χ4v) is 3.47. The minimum atomic E-state index is -3.16. The first-order valence-corrected chi connectivity index (χ1v) is 8.13. The maximum Gasteiger partial charge on any atom is 0.357 e. The van der Waals surface area contributed by atoms with Crippen molar-refractivity contribution in [3.05, 3.63) is 40.7 Å². The maximum absolute atomic E-state index is 12.7. The Morgan fingerprint density at radius 2 is 1.53 bits per heavy atom. The minimum Gasteiger partial charge on any atom is -0.306 e. The van der Waals surface area contributed by atoms with Crippen molar-refractivity contribution in [1.82, 2.24) is 0 Å². The van der Waals surface area contributed by atoms with Gasteiger partial charge in [-0.1, -0.05) is 29.8 Å². The second kappa shape index (κ2) is 7.04. The van der Waals surface area contributed by atoms with Crippen LogP contribution < -0.4 is 0 Å². The van der Waals surface area contributed by atoms with E-state index in [9.17, 15) is 4.57 Å². The molecule has 0 spiro atoms. The van der Waals surface area contributed by atoms with Crippen LogP contribution in [0.5, 0.6) is 0 Å². The fraction of sp³-hybridized carbons (Fsp3) is 0.467. The molecule has 0 unspecified atom stereocenters. The summed E-state index contributed by atoms with van der Waals surface area (Å²) in [5.41, 5.74) is 3.19. The monoisotopic (exact) mass is 282 g/mol. The number of hydrogen-bond acceptors (Lipinski definition) is 3. The van der Waals surface area contributed by atoms with E-state index >= 15 is 0 Å². The van der Waals surface area contributed by atoms with Crippen LogP contribution in [-0.4, -0.2) is 13.2 Å². The normalized spacial score (nSPS) is 13.3. The summed E-state index contributed by atoms with van der Waals surface area (Å²) in [5, 5.41) is 0.681. The molecule has 0 amide bonds. The molecular formula is C15H23O3P. The molecule has 3 nitrogen and oxygen atoms in total. The average Bonchev–Trinajstić information content (AvgIpc) is 2.38. The van der Waals surface area contributed by atoms with Crippen molar-refractivity contribution < 1.29 is 13.6 Å². The van der Waals surface area contributed by atoms with E-state index in [-0.39, 0.29) is 0 Å². The molecule has 0 atom stereocenters. The van der Waals surface area contributed by atoms with Gasteiger partial charge in [0.25, 0.3) is 0 Å². The van der Waals surface area contributed by atoms with Gasteiger partial charge in [-0.3, -0.25) is 4.57 Å². The number of hydrogen-bond donors (Lipinski definition) is 0. The van der Waals surface area contributed by atoms with E-state index in [1.807, 2.05) is 58.9 Å². The van der Waals surface area contributed by atoms with Crippen LogP contribution in [-0.2, 0) is 13.6 Å². The topological polar surface area (TPSA) is 35.5 Å². The Kier molecular flexibility index (Phi) is 5.99. The summed E-state index contributed by atoms with van der Waals surface area (Å²) in [6.45, 7) is 10.2. The molecule has 0 saturated heterocycles. The summed E-state index contributed by atoms with van der Waals surface area (Å²) >= 11 is 0. The van der Waals surface area contributed by atoms with Crippen molar-refractivity contribution >= 4 is 13.2 Å². The molecule has 0 aliphatic rings. The van der Waals surface area contributed by atoms with E-state index in [0.29, 0.717) is 18.5 Å². The van der Waals surface area contributed by atoms with Crippen LogP contribution >= 0.6 is 7.60 Å². The molecule has 0 aliphatic carbocycles. The molecule has 0 bridgehead atoms. The van der Waals surface area contributed by atoms with Gasteiger partial charge < -0.3 is 9.05 Å². The van der Waals surface area contributed by atoms with Crippen LogP contribution in [0.15, 0.2) is 29.6 Å². The number of rotatable bonds is 6. The Labute approximate surface area is 116 Å². The lowest BCUT2D eigenvalue weighted by atomic mass is 10.1. The van der Waals surface area contributed by atoms with Crippen LogP contribution in [0.1, 0.15) is 38.8 Å². The third kappa shape index (κ3) is 4.04. The minimum absolute atomic E-state index is 0.371. The lowest BCUT2D eigenvalue weighted by Gasteiger charge is -2.20. The van der Waals surface area contributed by atoms with Crippen LogP contribution in [0.25, 0.3) is 5.57 Å². The fourth-order valence-electron chi connectivity index (χ4n) is 1.79. The first-order valence-electron chi connectivity index (χ1n) is 6.58. The van der Waals surface area contributed by atoms with Crippen LogP contribution in [0.3, 0.4) is 0 Å². The predicted octanol–water partition coefficient (Wildman–Crippen LogP) is 5.01. The highest BCUT2D eigenvalue weighted by atomic mass is 31.2. The van der Waals surface area contributed by atoms with Crippen molar-refractivity contribution in [2.75, 3.05) is 13.2 Å². The Hall–Kier alpha value is -0.890. The zero-order valence-electron chi connectivity index (χ0n) is 12.4. The van der Waals surface area contributed by atoms with Crippen LogP contribution in [0.4, 0.5) is 0 Å². The first kappa shape index (κ1) is 16.2. The molecule has 19 heavy (non-hydrogen) atoms. The summed E-state index contributed by atoms with van der Waals surface area (Å²) in [5.74, 6) is 0. The Morgan fingerprint density at radius 1 is 1.05 bits per heavy atom. The second-order valence-corrected chi connectivity index (χ2v) is 6.59. The largest absolute Gasteiger partial charge is 0.357 e. The quantitative estimate of drug-likeness (QED) is 0.688. The molecule has 1 aromatic rings. The van der Waals surface area contributed by atoms with Gasteiger partial charge in [-0.05, 0) is 45.8 Å². The highest BCUT2D eigenvalue weighted by molar-refractivity contribution is 7.58. The number of allylic oxidation sites excluding steroid dienone is 2. The van der Waals surface area contributed by atoms with Gasteiger partial charge in [-0.15, -0.1) is 0 Å². The summed E-state index contributed by atoms with van der Waals surface area (Å²) < 4.78 is 23.4. The average molecular weight is 282 g/mol. The zero-order chi connectivity index (χ0) is 14.5. The zero-order valence-corrected chi connectivity index (χ0v) is 13.3. The number of benzene rings is 1. The molecule has 0 fully saturated rings. The summed E-state index contributed by atoms with van der Waals surface area (Å²) in [6, 6.07) is 8.13. The summed E-state index contributed by atoms with van der Waals surface area (Å²) in [7, 11) is -3.16. The molecule has 0 aromatic heterocycles. The van der Waals surface area contributed by atoms with Gasteiger partial charge >= 0.3 is 7.60 Å². The molecule has 1 rings (SSSR count). The SMILES string of the molecule is CCOP(=O)(OCC)/C(C)=C(\C)c1ccc(C)cc1. The smallest absolute Gasteiger partial charge is 0.306 e. The molecule has 0 radical (unpaired) electrons. The number of aryl methyl sites for hydroxylation is 1. The van der Waals surface area contributed by atoms with Gasteiger partial charge in [0.05, 0.1) is 13.2 Å². The molecule has 1 aromatic carbocycles. The van der Waals surface area contributed by atoms with Crippen molar-refractivity contribution in [1.29, 1.82) is 0 Å². The molecular weight excluding hydrogens is 259 g/mol. The van der Waals surface area contributed by atoms with E-state index < -0.39 is 7.60 Å². The lowest BCUT2D eigenvalue weighted by Crippen LogP contribution is -1.98. The van der Waals surface area contributed by atoms with E-state index in [1.165, 1.54) is 5.56 Å². The van der Waals surface area contributed by atoms with Crippen LogP contribution in [0.2, 0.25) is 0 Å². The highest BCUT2D eigenvalue weighted by Crippen LogP contribution is 2.57. The van der Waals surface area contributed by atoms with Gasteiger partial charge in [-0.2, -0.15) is 0 Å². The van der Waals surface area contributed by atoms with Gasteiger partial charge in [-0.25, -0.2) is 0 Å². The third-order valence-electron chi connectivity index (χ3n) is 3.04. The van der Waals surface area contributed by atoms with E-state index in [2.05, 4.69) is 0 Å². The van der Waals surface area contributed by atoms with Gasteiger partial charge in [0.15, 0.2) is 0 Å². The predicted molar refractivity (Wildman–Crippen MR) is 80.3 cm³/mol. The van der Waals surface area contributed by atoms with Crippen molar-refractivity contribution in [2.45, 2.75) is 34.6 Å². The first-order chi connectivity index (χ1) is 8.94. The molecule has 0 N–H and O–H groups in total. The van der Waals surface area contributed by atoms with Crippen molar-refractivity contribution in [3.8, 4) is 0 Å². The molecule has 0 aliphatic heterocycles. The Balaban J connectivity index is 3.18. The summed E-state index contributed by atoms with van der Waals surface area (Å²) in [4.78, 5) is 0. The Bertz CT molecular complexity index is 479. The van der Waals surface area contributed by atoms with Crippen molar-refractivity contribution in [3.63, 3.8) is 0 Å². The van der Waals surface area contributed by atoms with E-state index in [4.69, 9.17) is 9.05 Å². The van der Waals surface area contributed by atoms with Gasteiger partial charge in [0.1, 0.15) is 0 Å². The second-order valence-electron chi connectivity index (χ2n) is 4.41. The third-order valence-corrected chi connectivity index (χ3v) is 5.39.